The molecule has 0 N–H and O–H groups in total. The molecule has 1 aromatic rings. The van der Waals surface area contributed by atoms with Crippen molar-refractivity contribution in [3.63, 3.8) is 0 Å². The van der Waals surface area contributed by atoms with E-state index in [1.54, 1.807) is 0 Å². The van der Waals surface area contributed by atoms with Crippen LogP contribution in [0.15, 0.2) is 5.16 Å². The lowest BCUT2D eigenvalue weighted by Crippen LogP contribution is -2.30. The summed E-state index contributed by atoms with van der Waals surface area (Å²) in [6.07, 6.45) is 1.92. The van der Waals surface area contributed by atoms with Gasteiger partial charge in [-0.1, -0.05) is 23.4 Å². The number of hydrogen-bond acceptors (Lipinski definition) is 5. The fraction of sp³-hybridized carbons (Fsp3) is 0.500. The Morgan fingerprint density at radius 2 is 2.29 bits per heavy atom. The summed E-state index contributed by atoms with van der Waals surface area (Å²) in [5.74, 6) is 1.37. The van der Waals surface area contributed by atoms with Crippen LogP contribution in [0.2, 0.25) is 5.15 Å². The Morgan fingerprint density at radius 1 is 1.50 bits per heavy atom. The number of aromatic nitrogens is 2. The topological polar surface area (TPSA) is 38.2 Å². The van der Waals surface area contributed by atoms with Gasteiger partial charge in [0.25, 0.3) is 0 Å². The standard InChI is InChI=1S/C8H10ClN3OS/c1-12-3-4-13-5-6(9)10-8(14-2)11-7(5)12/h3-4H2,1-2H3. The molecule has 0 atom stereocenters. The van der Waals surface area contributed by atoms with Gasteiger partial charge in [0.05, 0.1) is 6.54 Å². The van der Waals surface area contributed by atoms with Gasteiger partial charge in [0, 0.05) is 7.05 Å². The van der Waals surface area contributed by atoms with E-state index >= 15 is 0 Å². The number of halogens is 1. The number of likely N-dealkylation sites (N-methyl/N-ethyl adjacent to an activating group) is 1. The SMILES string of the molecule is CSc1nc(Cl)c2c(n1)N(C)CCO2. The van der Waals surface area contributed by atoms with Crippen molar-refractivity contribution in [3.8, 4) is 5.75 Å². The molecule has 0 fully saturated rings. The number of fused-ring (bicyclic) bond motifs is 1. The molecule has 76 valence electrons. The molecule has 0 spiro atoms. The first-order valence-electron chi connectivity index (χ1n) is 4.18. The summed E-state index contributed by atoms with van der Waals surface area (Å²) in [7, 11) is 1.97. The van der Waals surface area contributed by atoms with Crippen LogP contribution in [0, 0.1) is 0 Å². The molecule has 2 heterocycles. The van der Waals surface area contributed by atoms with Crippen LogP contribution in [0.4, 0.5) is 5.82 Å². The number of thioether (sulfide) groups is 1. The normalized spacial score (nSPS) is 14.9. The molecule has 0 saturated carbocycles. The quantitative estimate of drug-likeness (QED) is 0.418. The third kappa shape index (κ3) is 1.62. The van der Waals surface area contributed by atoms with Gasteiger partial charge in [-0.3, -0.25) is 0 Å². The van der Waals surface area contributed by atoms with Crippen molar-refractivity contribution in [1.29, 1.82) is 0 Å². The van der Waals surface area contributed by atoms with Crippen LogP contribution in [0.5, 0.6) is 5.75 Å². The van der Waals surface area contributed by atoms with Crippen molar-refractivity contribution in [2.75, 3.05) is 31.4 Å². The van der Waals surface area contributed by atoms with Crippen LogP contribution in [-0.4, -0.2) is 36.4 Å². The molecular formula is C8H10ClN3OS. The van der Waals surface area contributed by atoms with Crippen LogP contribution < -0.4 is 9.64 Å². The number of anilines is 1. The van der Waals surface area contributed by atoms with E-state index in [2.05, 4.69) is 9.97 Å². The highest BCUT2D eigenvalue weighted by Crippen LogP contribution is 2.35. The smallest absolute Gasteiger partial charge is 0.199 e. The van der Waals surface area contributed by atoms with E-state index in [4.69, 9.17) is 16.3 Å². The molecule has 14 heavy (non-hydrogen) atoms. The van der Waals surface area contributed by atoms with Gasteiger partial charge in [0.1, 0.15) is 6.61 Å². The summed E-state index contributed by atoms with van der Waals surface area (Å²) < 4.78 is 5.42. The van der Waals surface area contributed by atoms with Gasteiger partial charge in [0.2, 0.25) is 0 Å². The molecule has 0 aromatic carbocycles. The minimum atomic E-state index is 0.394. The first kappa shape index (κ1) is 9.86. The van der Waals surface area contributed by atoms with Crippen LogP contribution in [-0.2, 0) is 0 Å². The van der Waals surface area contributed by atoms with Crippen molar-refractivity contribution >= 4 is 29.2 Å². The van der Waals surface area contributed by atoms with E-state index in [1.165, 1.54) is 11.8 Å². The molecule has 2 rings (SSSR count). The van der Waals surface area contributed by atoms with Crippen molar-refractivity contribution in [3.05, 3.63) is 5.15 Å². The minimum Gasteiger partial charge on any atom is -0.485 e. The zero-order valence-electron chi connectivity index (χ0n) is 7.95. The lowest BCUT2D eigenvalue weighted by Gasteiger charge is -2.26. The van der Waals surface area contributed by atoms with Crippen molar-refractivity contribution < 1.29 is 4.74 Å². The number of rotatable bonds is 1. The third-order valence-electron chi connectivity index (χ3n) is 2.00. The van der Waals surface area contributed by atoms with Crippen LogP contribution in [0.3, 0.4) is 0 Å². The second-order valence-corrected chi connectivity index (χ2v) is 4.06. The first-order chi connectivity index (χ1) is 6.72. The third-order valence-corrected chi connectivity index (χ3v) is 2.81. The summed E-state index contributed by atoms with van der Waals surface area (Å²) in [4.78, 5) is 10.5. The van der Waals surface area contributed by atoms with E-state index in [-0.39, 0.29) is 0 Å². The van der Waals surface area contributed by atoms with Gasteiger partial charge in [-0.05, 0) is 6.26 Å². The molecule has 0 bridgehead atoms. The summed E-state index contributed by atoms with van der Waals surface area (Å²) in [5.41, 5.74) is 0. The Hall–Kier alpha value is -0.680. The zero-order chi connectivity index (χ0) is 10.1. The molecule has 0 unspecified atom stereocenters. The number of hydrogen-bond donors (Lipinski definition) is 0. The fourth-order valence-corrected chi connectivity index (χ4v) is 1.89. The monoisotopic (exact) mass is 231 g/mol. The Kier molecular flexibility index (Phi) is 2.69. The summed E-state index contributed by atoms with van der Waals surface area (Å²) in [6, 6.07) is 0. The highest BCUT2D eigenvalue weighted by atomic mass is 35.5. The lowest BCUT2D eigenvalue weighted by atomic mass is 10.4. The Bertz CT molecular complexity index is 361. The van der Waals surface area contributed by atoms with Crippen LogP contribution in [0.1, 0.15) is 0 Å². The maximum Gasteiger partial charge on any atom is 0.199 e. The first-order valence-corrected chi connectivity index (χ1v) is 5.78. The van der Waals surface area contributed by atoms with Gasteiger partial charge >= 0.3 is 0 Å². The minimum absolute atomic E-state index is 0.394. The van der Waals surface area contributed by atoms with Crippen molar-refractivity contribution in [1.82, 2.24) is 9.97 Å². The van der Waals surface area contributed by atoms with E-state index in [0.29, 0.717) is 22.7 Å². The molecule has 4 nitrogen and oxygen atoms in total. The van der Waals surface area contributed by atoms with Gasteiger partial charge in [-0.15, -0.1) is 0 Å². The van der Waals surface area contributed by atoms with E-state index < -0.39 is 0 Å². The van der Waals surface area contributed by atoms with Crippen molar-refractivity contribution in [2.24, 2.45) is 0 Å². The summed E-state index contributed by atoms with van der Waals surface area (Å²) >= 11 is 7.44. The Balaban J connectivity index is 2.51. The predicted octanol–water partition coefficient (Wildman–Crippen LogP) is 1.68. The molecule has 0 aliphatic carbocycles. The fourth-order valence-electron chi connectivity index (χ4n) is 1.26. The predicted molar refractivity (Wildman–Crippen MR) is 57.6 cm³/mol. The second-order valence-electron chi connectivity index (χ2n) is 2.92. The highest BCUT2D eigenvalue weighted by molar-refractivity contribution is 7.98. The molecule has 0 amide bonds. The molecular weight excluding hydrogens is 222 g/mol. The molecule has 0 saturated heterocycles. The second kappa shape index (κ2) is 3.82. The van der Waals surface area contributed by atoms with Gasteiger partial charge in [0.15, 0.2) is 21.9 Å². The van der Waals surface area contributed by atoms with Gasteiger partial charge < -0.3 is 9.64 Å². The molecule has 1 aliphatic heterocycles. The molecule has 1 aromatic heterocycles. The lowest BCUT2D eigenvalue weighted by molar-refractivity contribution is 0.306. The summed E-state index contributed by atoms with van der Waals surface area (Å²) in [5, 5.41) is 1.07. The van der Waals surface area contributed by atoms with E-state index in [0.717, 1.165) is 12.4 Å². The molecule has 1 aliphatic rings. The maximum atomic E-state index is 5.98. The van der Waals surface area contributed by atoms with Gasteiger partial charge in [-0.2, -0.15) is 0 Å². The number of nitrogens with zero attached hydrogens (tertiary/aromatic N) is 3. The number of ether oxygens (including phenoxy) is 1. The molecule has 0 radical (unpaired) electrons. The maximum absolute atomic E-state index is 5.98. The average molecular weight is 232 g/mol. The van der Waals surface area contributed by atoms with E-state index in [1.807, 2.05) is 18.2 Å². The largest absolute Gasteiger partial charge is 0.485 e. The summed E-state index contributed by atoms with van der Waals surface area (Å²) in [6.45, 7) is 1.46. The Labute approximate surface area is 91.6 Å². The van der Waals surface area contributed by atoms with Crippen molar-refractivity contribution in [2.45, 2.75) is 5.16 Å². The van der Waals surface area contributed by atoms with Gasteiger partial charge in [-0.25, -0.2) is 9.97 Å². The highest BCUT2D eigenvalue weighted by Gasteiger charge is 2.21. The zero-order valence-corrected chi connectivity index (χ0v) is 9.52. The van der Waals surface area contributed by atoms with Crippen LogP contribution >= 0.6 is 23.4 Å². The Morgan fingerprint density at radius 3 is 3.00 bits per heavy atom. The average Bonchev–Trinajstić information content (AvgIpc) is 2.19. The van der Waals surface area contributed by atoms with E-state index in [9.17, 15) is 0 Å². The van der Waals surface area contributed by atoms with Crippen LogP contribution in [0.25, 0.3) is 0 Å². The molecule has 6 heteroatoms.